The second-order valence-electron chi connectivity index (χ2n) is 20.9. The van der Waals surface area contributed by atoms with Crippen molar-refractivity contribution < 1.29 is 0 Å². The van der Waals surface area contributed by atoms with Gasteiger partial charge in [-0.3, -0.25) is 0 Å². The number of aryl methyl sites for hydroxylation is 8. The molecule has 0 saturated heterocycles. The Morgan fingerprint density at radius 1 is 0.171 bits per heavy atom. The molecule has 0 radical (unpaired) electrons. The summed E-state index contributed by atoms with van der Waals surface area (Å²) in [5.74, 6) is 0. The highest BCUT2D eigenvalue weighted by Gasteiger charge is 2.19. The first-order valence-electron chi connectivity index (χ1n) is 26.8. The predicted molar refractivity (Wildman–Crippen MR) is 328 cm³/mol. The summed E-state index contributed by atoms with van der Waals surface area (Å²) in [5.41, 5.74) is 26.8. The van der Waals surface area contributed by atoms with Crippen molar-refractivity contribution in [2.45, 2.75) is 51.4 Å². The Kier molecular flexibility index (Phi) is 11.7. The van der Waals surface area contributed by atoms with Gasteiger partial charge < -0.3 is 0 Å². The van der Waals surface area contributed by atoms with Crippen LogP contribution in [0.3, 0.4) is 0 Å². The van der Waals surface area contributed by atoms with E-state index >= 15 is 0 Å². The summed E-state index contributed by atoms with van der Waals surface area (Å²) >= 11 is 7.73. The average Bonchev–Trinajstić information content (AvgIpc) is 4.34. The van der Waals surface area contributed by atoms with Gasteiger partial charge in [-0.1, -0.05) is 170 Å². The van der Waals surface area contributed by atoms with Crippen molar-refractivity contribution in [2.75, 3.05) is 0 Å². The molecule has 0 amide bonds. The third kappa shape index (κ3) is 8.78. The highest BCUT2D eigenvalue weighted by atomic mass is 32.1. The van der Waals surface area contributed by atoms with Crippen LogP contribution in [0.5, 0.6) is 0 Å². The van der Waals surface area contributed by atoms with Crippen molar-refractivity contribution in [3.05, 3.63) is 263 Å². The summed E-state index contributed by atoms with van der Waals surface area (Å²) in [6.07, 6.45) is 8.04. The maximum Gasteiger partial charge on any atom is 0.0449 e. The second kappa shape index (κ2) is 19.3. The molecule has 76 heavy (non-hydrogen) atoms. The molecule has 364 valence electrons. The summed E-state index contributed by atoms with van der Waals surface area (Å²) in [5, 5.41) is 0. The Morgan fingerprint density at radius 2 is 0.382 bits per heavy atom. The summed E-state index contributed by atoms with van der Waals surface area (Å²) in [7, 11) is 0. The van der Waals surface area contributed by atoms with Gasteiger partial charge in [0.05, 0.1) is 0 Å². The quantitative estimate of drug-likeness (QED) is 0.142. The lowest BCUT2D eigenvalue weighted by molar-refractivity contribution is 0.925. The first-order valence-corrected chi connectivity index (χ1v) is 30.1. The average molecular weight is 1050 g/mol. The topological polar surface area (TPSA) is 0 Å². The molecule has 0 unspecified atom stereocenters. The highest BCUT2D eigenvalue weighted by molar-refractivity contribution is 7.29. The summed E-state index contributed by atoms with van der Waals surface area (Å²) in [6.45, 7) is 0. The lowest BCUT2D eigenvalue weighted by atomic mass is 9.88. The number of fused-ring (bicyclic) bond motifs is 3. The van der Waals surface area contributed by atoms with Gasteiger partial charge in [0.1, 0.15) is 0 Å². The van der Waals surface area contributed by atoms with Gasteiger partial charge in [-0.2, -0.15) is 0 Å². The molecule has 4 aromatic heterocycles. The van der Waals surface area contributed by atoms with Crippen molar-refractivity contribution in [1.29, 1.82) is 0 Å². The minimum absolute atomic E-state index is 1.00. The predicted octanol–water partition coefficient (Wildman–Crippen LogP) is 20.7. The maximum absolute atomic E-state index is 2.50. The van der Waals surface area contributed by atoms with E-state index in [0.717, 1.165) is 51.4 Å². The first-order chi connectivity index (χ1) is 37.5. The molecule has 8 aliphatic carbocycles. The molecule has 0 saturated carbocycles. The monoisotopic (exact) mass is 1040 g/mol. The molecule has 0 spiro atoms. The summed E-state index contributed by atoms with van der Waals surface area (Å²) in [6, 6.07) is 84.6. The number of hydrogen-bond donors (Lipinski definition) is 0. The number of thiophene rings is 4. The van der Waals surface area contributed by atoms with Crippen LogP contribution in [0.25, 0.3) is 106 Å². The maximum atomic E-state index is 2.50. The van der Waals surface area contributed by atoms with Gasteiger partial charge in [-0.05, 0) is 211 Å². The van der Waals surface area contributed by atoms with E-state index < -0.39 is 0 Å². The molecule has 7 aliphatic heterocycles. The van der Waals surface area contributed by atoms with Crippen LogP contribution in [0, 0.1) is 0 Å². The van der Waals surface area contributed by atoms with Crippen molar-refractivity contribution >= 4 is 45.3 Å². The fourth-order valence-electron chi connectivity index (χ4n) is 11.9. The lowest BCUT2D eigenvalue weighted by Crippen LogP contribution is -2.02. The Morgan fingerprint density at radius 3 is 0.658 bits per heavy atom. The minimum atomic E-state index is 1.00. The molecular weight excluding hydrogens is 993 g/mol. The van der Waals surface area contributed by atoms with E-state index in [4.69, 9.17) is 0 Å². The van der Waals surface area contributed by atoms with Crippen LogP contribution in [0.1, 0.15) is 44.5 Å². The molecule has 8 aromatic carbocycles. The lowest BCUT2D eigenvalue weighted by Gasteiger charge is -2.17. The molecule has 12 aromatic rings. The van der Waals surface area contributed by atoms with Gasteiger partial charge in [0.2, 0.25) is 0 Å². The van der Waals surface area contributed by atoms with Crippen molar-refractivity contribution in [3.63, 3.8) is 0 Å². The van der Waals surface area contributed by atoms with E-state index in [0.29, 0.717) is 0 Å². The van der Waals surface area contributed by atoms with E-state index in [-0.39, 0.29) is 0 Å². The van der Waals surface area contributed by atoms with Gasteiger partial charge in [0.25, 0.3) is 0 Å². The van der Waals surface area contributed by atoms with E-state index in [1.807, 2.05) is 45.3 Å². The van der Waals surface area contributed by atoms with E-state index in [9.17, 15) is 0 Å². The minimum Gasteiger partial charge on any atom is -0.134 e. The molecule has 4 heteroatoms. The Balaban J connectivity index is 0.778. The number of hydrogen-bond acceptors (Lipinski definition) is 4. The molecule has 11 heterocycles. The largest absolute Gasteiger partial charge is 0.134 e. The zero-order valence-corrected chi connectivity index (χ0v) is 45.3. The molecule has 0 nitrogen and oxygen atoms in total. The van der Waals surface area contributed by atoms with Gasteiger partial charge in [-0.15, -0.1) is 45.3 Å². The SMILES string of the molecule is c1cc2c3cc1CCc1ccc(cc1-c1ccc(cc1)-c1ccc(cc1)-c1ccc(cc1)-c1ccc(cc1)-c1cc4ccc1CCc1ccc(c(c1)-c1ccc(s1)-c1ccc(s1)-c1ccc(s1)-c1ccc-3s1)CC4)CC2. The fourth-order valence-corrected chi connectivity index (χ4v) is 16.3. The summed E-state index contributed by atoms with van der Waals surface area (Å²) in [4.78, 5) is 10.8. The Hall–Kier alpha value is -7.44. The number of benzene rings is 8. The normalized spacial score (nSPS) is 13.4. The Labute approximate surface area is 462 Å². The zero-order chi connectivity index (χ0) is 50.1. The van der Waals surface area contributed by atoms with Crippen LogP contribution >= 0.6 is 45.3 Å². The molecule has 0 atom stereocenters. The second-order valence-corrected chi connectivity index (χ2v) is 25.3. The molecule has 0 N–H and O–H groups in total. The van der Waals surface area contributed by atoms with E-state index in [1.54, 1.807) is 0 Å². The smallest absolute Gasteiger partial charge is 0.0449 e. The van der Waals surface area contributed by atoms with Crippen LogP contribution in [0.2, 0.25) is 0 Å². The Bertz CT molecular complexity index is 3860. The molecule has 15 aliphatic rings. The van der Waals surface area contributed by atoms with Gasteiger partial charge in [0, 0.05) is 39.0 Å². The zero-order valence-electron chi connectivity index (χ0n) is 42.1. The highest BCUT2D eigenvalue weighted by Crippen LogP contribution is 2.46. The summed E-state index contributed by atoms with van der Waals surface area (Å²) < 4.78 is 0. The molecule has 28 bridgehead atoms. The van der Waals surface area contributed by atoms with Crippen molar-refractivity contribution in [1.82, 2.24) is 0 Å². The van der Waals surface area contributed by atoms with Crippen molar-refractivity contribution in [3.8, 4) is 106 Å². The van der Waals surface area contributed by atoms with E-state index in [2.05, 4.69) is 218 Å². The van der Waals surface area contributed by atoms with Crippen LogP contribution in [-0.4, -0.2) is 0 Å². The molecule has 27 rings (SSSR count). The van der Waals surface area contributed by atoms with Crippen LogP contribution in [0.15, 0.2) is 218 Å². The number of rotatable bonds is 0. The van der Waals surface area contributed by atoms with Crippen LogP contribution < -0.4 is 0 Å². The van der Waals surface area contributed by atoms with Gasteiger partial charge in [-0.25, -0.2) is 0 Å². The third-order valence-electron chi connectivity index (χ3n) is 16.3. The fraction of sp³-hybridized carbons (Fsp3) is 0.111. The van der Waals surface area contributed by atoms with E-state index in [1.165, 1.54) is 150 Å². The van der Waals surface area contributed by atoms with Gasteiger partial charge in [0.15, 0.2) is 0 Å². The van der Waals surface area contributed by atoms with Crippen LogP contribution in [-0.2, 0) is 51.4 Å². The third-order valence-corrected chi connectivity index (χ3v) is 21.3. The van der Waals surface area contributed by atoms with Crippen LogP contribution in [0.4, 0.5) is 0 Å². The van der Waals surface area contributed by atoms with Crippen molar-refractivity contribution in [2.24, 2.45) is 0 Å². The molecular formula is C72H52S4. The molecule has 0 fully saturated rings. The van der Waals surface area contributed by atoms with Gasteiger partial charge >= 0.3 is 0 Å². The first kappa shape index (κ1) is 45.9. The standard InChI is InChI=1S/C72H52S4/c1-9-55-11-3-47-7-15-59-13-5-45(1)41-61(55)57-29-25-53(26-30-57)51-21-17-49(18-22-51)50-19-23-52(24-20-50)54-27-31-58(32-28-54)62-42-46-2-10-56(62)12-4-48-8-16-60(14-6-46)64(44-48)66-34-36-68(74-66)70-38-40-72(76-70)71-39-37-69(75-71)67-35-33-65(73-67)63(59)43-47/h1-2,7-10,15-44H,3-6,11-14H2.